The number of nitrogens with zero attached hydrogens (tertiary/aromatic N) is 1. The van der Waals surface area contributed by atoms with Crippen LogP contribution in [0.5, 0.6) is 0 Å². The quantitative estimate of drug-likeness (QED) is 0.445. The molecule has 0 saturated heterocycles. The van der Waals surface area contributed by atoms with E-state index in [4.69, 9.17) is 11.6 Å². The molecule has 1 aromatic carbocycles. The molecule has 0 N–H and O–H groups in total. The summed E-state index contributed by atoms with van der Waals surface area (Å²) < 4.78 is 0.939. The summed E-state index contributed by atoms with van der Waals surface area (Å²) in [5.41, 5.74) is 1.03. The molecule has 64 valence electrons. The Morgan fingerprint density at radius 1 is 1.58 bits per heavy atom. The molecule has 0 spiro atoms. The first kappa shape index (κ1) is 9.68. The Kier molecular flexibility index (Phi) is 3.23. The fourth-order valence-electron chi connectivity index (χ4n) is 0.818. The van der Waals surface area contributed by atoms with E-state index < -0.39 is 5.50 Å². The largest absolute Gasteiger partial charge is 0.190 e. The number of alkyl halides is 1. The molecule has 4 heteroatoms. The van der Waals surface area contributed by atoms with Gasteiger partial charge in [-0.3, -0.25) is 0 Å². The van der Waals surface area contributed by atoms with Crippen LogP contribution in [0.15, 0.2) is 27.8 Å². The lowest BCUT2D eigenvalue weighted by Crippen LogP contribution is -1.86. The summed E-state index contributed by atoms with van der Waals surface area (Å²) in [6, 6.07) is 5.48. The standard InChI is InChI=1S/C8H7BrClNO/c1-5-2-3-6(4-7(5)9)8(10)11-12/h2-4,8H,1H3. The zero-order valence-electron chi connectivity index (χ0n) is 6.42. The first-order valence-corrected chi connectivity index (χ1v) is 4.60. The van der Waals surface area contributed by atoms with Crippen LogP contribution in [0.25, 0.3) is 0 Å². The van der Waals surface area contributed by atoms with E-state index >= 15 is 0 Å². The van der Waals surface area contributed by atoms with Crippen molar-refractivity contribution < 1.29 is 0 Å². The van der Waals surface area contributed by atoms with Gasteiger partial charge in [0.05, 0.1) is 0 Å². The Balaban J connectivity index is 3.04. The van der Waals surface area contributed by atoms with Crippen LogP contribution < -0.4 is 0 Å². The number of nitroso groups, excluding NO2 is 1. The van der Waals surface area contributed by atoms with E-state index in [9.17, 15) is 4.91 Å². The fraction of sp³-hybridized carbons (Fsp3) is 0.250. The van der Waals surface area contributed by atoms with Crippen molar-refractivity contribution in [1.82, 2.24) is 0 Å². The van der Waals surface area contributed by atoms with Crippen LogP contribution in [0.3, 0.4) is 0 Å². The molecule has 0 amide bonds. The van der Waals surface area contributed by atoms with Gasteiger partial charge in [-0.1, -0.05) is 39.7 Å². The zero-order chi connectivity index (χ0) is 9.14. The summed E-state index contributed by atoms with van der Waals surface area (Å²) in [5.74, 6) is 0. The summed E-state index contributed by atoms with van der Waals surface area (Å²) >= 11 is 8.96. The Morgan fingerprint density at radius 3 is 2.75 bits per heavy atom. The number of benzene rings is 1. The van der Waals surface area contributed by atoms with Crippen molar-refractivity contribution in [2.75, 3.05) is 0 Å². The highest BCUT2D eigenvalue weighted by molar-refractivity contribution is 9.10. The minimum absolute atomic E-state index is 0.712. The van der Waals surface area contributed by atoms with Gasteiger partial charge in [0.25, 0.3) is 0 Å². The smallest absolute Gasteiger partial charge is 0.149 e. The lowest BCUT2D eigenvalue weighted by molar-refractivity contribution is 1.00. The normalized spacial score (nSPS) is 12.6. The zero-order valence-corrected chi connectivity index (χ0v) is 8.76. The van der Waals surface area contributed by atoms with Crippen molar-refractivity contribution in [1.29, 1.82) is 0 Å². The molecule has 1 unspecified atom stereocenters. The molecule has 0 aliphatic carbocycles. The van der Waals surface area contributed by atoms with Gasteiger partial charge >= 0.3 is 0 Å². The maximum absolute atomic E-state index is 10.1. The molecular formula is C8H7BrClNO. The van der Waals surface area contributed by atoms with Crippen LogP contribution in [-0.2, 0) is 0 Å². The first-order chi connectivity index (χ1) is 5.65. The molecule has 0 heterocycles. The van der Waals surface area contributed by atoms with Crippen molar-refractivity contribution >= 4 is 27.5 Å². The van der Waals surface area contributed by atoms with Gasteiger partial charge in [0.2, 0.25) is 0 Å². The van der Waals surface area contributed by atoms with Gasteiger partial charge < -0.3 is 0 Å². The van der Waals surface area contributed by atoms with E-state index in [1.54, 1.807) is 12.1 Å². The third-order valence-electron chi connectivity index (χ3n) is 1.56. The molecule has 0 aliphatic heterocycles. The molecule has 0 radical (unpaired) electrons. The van der Waals surface area contributed by atoms with E-state index in [1.807, 2.05) is 13.0 Å². The second-order valence-electron chi connectivity index (χ2n) is 2.45. The van der Waals surface area contributed by atoms with Gasteiger partial charge in [-0.25, -0.2) is 0 Å². The topological polar surface area (TPSA) is 29.4 Å². The average molecular weight is 249 g/mol. The van der Waals surface area contributed by atoms with Gasteiger partial charge in [0, 0.05) is 4.47 Å². The predicted molar refractivity (Wildman–Crippen MR) is 53.3 cm³/mol. The van der Waals surface area contributed by atoms with Gasteiger partial charge in [0.15, 0.2) is 5.50 Å². The fourth-order valence-corrected chi connectivity index (χ4v) is 1.35. The first-order valence-electron chi connectivity index (χ1n) is 3.37. The molecule has 2 nitrogen and oxygen atoms in total. The van der Waals surface area contributed by atoms with E-state index in [1.165, 1.54) is 0 Å². The lowest BCUT2D eigenvalue weighted by Gasteiger charge is -2.03. The number of hydrogen-bond donors (Lipinski definition) is 0. The third kappa shape index (κ3) is 2.05. The molecule has 0 saturated carbocycles. The Bertz CT molecular complexity index is 303. The van der Waals surface area contributed by atoms with Crippen molar-refractivity contribution in [3.05, 3.63) is 38.7 Å². The predicted octanol–water partition coefficient (Wildman–Crippen LogP) is 3.76. The molecule has 0 bridgehead atoms. The van der Waals surface area contributed by atoms with E-state index in [-0.39, 0.29) is 0 Å². The molecule has 1 atom stereocenters. The molecule has 1 aromatic rings. The van der Waals surface area contributed by atoms with Crippen molar-refractivity contribution in [2.24, 2.45) is 5.18 Å². The monoisotopic (exact) mass is 247 g/mol. The van der Waals surface area contributed by atoms with Gasteiger partial charge in [-0.05, 0) is 29.3 Å². The van der Waals surface area contributed by atoms with Crippen LogP contribution in [-0.4, -0.2) is 0 Å². The number of rotatable bonds is 2. The third-order valence-corrected chi connectivity index (χ3v) is 2.75. The van der Waals surface area contributed by atoms with Crippen LogP contribution in [0.1, 0.15) is 16.6 Å². The highest BCUT2D eigenvalue weighted by Crippen LogP contribution is 2.26. The highest BCUT2D eigenvalue weighted by Gasteiger charge is 2.07. The molecule has 12 heavy (non-hydrogen) atoms. The summed E-state index contributed by atoms with van der Waals surface area (Å²) in [7, 11) is 0. The molecule has 0 fully saturated rings. The maximum atomic E-state index is 10.1. The molecular weight excluding hydrogens is 241 g/mol. The van der Waals surface area contributed by atoms with Gasteiger partial charge in [-0.15, -0.1) is 4.91 Å². The molecule has 1 rings (SSSR count). The van der Waals surface area contributed by atoms with Gasteiger partial charge in [0.1, 0.15) is 0 Å². The minimum atomic E-state index is -0.790. The molecule has 0 aliphatic rings. The summed E-state index contributed by atoms with van der Waals surface area (Å²) in [6.45, 7) is 1.96. The van der Waals surface area contributed by atoms with Crippen molar-refractivity contribution in [3.8, 4) is 0 Å². The van der Waals surface area contributed by atoms with E-state index in [2.05, 4.69) is 21.1 Å². The number of aryl methyl sites for hydroxylation is 1. The van der Waals surface area contributed by atoms with Crippen molar-refractivity contribution in [3.63, 3.8) is 0 Å². The maximum Gasteiger partial charge on any atom is 0.190 e. The summed E-state index contributed by atoms with van der Waals surface area (Å²) in [4.78, 5) is 10.1. The Morgan fingerprint density at radius 2 is 2.25 bits per heavy atom. The second-order valence-corrected chi connectivity index (χ2v) is 3.72. The van der Waals surface area contributed by atoms with E-state index in [0.29, 0.717) is 5.56 Å². The average Bonchev–Trinajstić information content (AvgIpc) is 2.08. The molecule has 0 aromatic heterocycles. The SMILES string of the molecule is Cc1ccc(C(Cl)N=O)cc1Br. The summed E-state index contributed by atoms with van der Waals surface area (Å²) in [5, 5.41) is 2.72. The number of hydrogen-bond acceptors (Lipinski definition) is 2. The highest BCUT2D eigenvalue weighted by atomic mass is 79.9. The van der Waals surface area contributed by atoms with E-state index in [0.717, 1.165) is 10.0 Å². The second kappa shape index (κ2) is 4.01. The van der Waals surface area contributed by atoms with Gasteiger partial charge in [-0.2, -0.15) is 0 Å². The van der Waals surface area contributed by atoms with Crippen LogP contribution >= 0.6 is 27.5 Å². The Labute approximate surface area is 84.0 Å². The Hall–Kier alpha value is -0.410. The van der Waals surface area contributed by atoms with Crippen LogP contribution in [0.2, 0.25) is 0 Å². The van der Waals surface area contributed by atoms with Crippen LogP contribution in [0, 0.1) is 11.8 Å². The van der Waals surface area contributed by atoms with Crippen LogP contribution in [0.4, 0.5) is 0 Å². The summed E-state index contributed by atoms with van der Waals surface area (Å²) in [6.07, 6.45) is 0. The number of halogens is 2. The minimum Gasteiger partial charge on any atom is -0.149 e. The van der Waals surface area contributed by atoms with Crippen molar-refractivity contribution in [2.45, 2.75) is 12.4 Å². The lowest BCUT2D eigenvalue weighted by atomic mass is 10.1.